The van der Waals surface area contributed by atoms with E-state index in [9.17, 15) is 4.39 Å². The molecule has 0 saturated carbocycles. The van der Waals surface area contributed by atoms with Crippen molar-refractivity contribution < 1.29 is 4.39 Å². The summed E-state index contributed by atoms with van der Waals surface area (Å²) in [5.74, 6) is 0.598. The fourth-order valence-electron chi connectivity index (χ4n) is 3.19. The van der Waals surface area contributed by atoms with Crippen LogP contribution in [0.5, 0.6) is 0 Å². The number of benzene rings is 2. The van der Waals surface area contributed by atoms with Crippen molar-refractivity contribution in [3.05, 3.63) is 65.2 Å². The molecule has 1 unspecified atom stereocenters. The molecule has 0 spiro atoms. The first kappa shape index (κ1) is 12.5. The molecule has 0 aliphatic carbocycles. The Morgan fingerprint density at radius 3 is 2.90 bits per heavy atom. The molecule has 1 aliphatic rings. The highest BCUT2D eigenvalue weighted by Crippen LogP contribution is 2.30. The molecule has 3 aromatic rings. The normalized spacial score (nSPS) is 17.9. The molecule has 1 aliphatic heterocycles. The lowest BCUT2D eigenvalue weighted by Crippen LogP contribution is -2.32. The number of hydrogen-bond acceptors (Lipinski definition) is 2. The van der Waals surface area contributed by atoms with Gasteiger partial charge in [0.25, 0.3) is 0 Å². The van der Waals surface area contributed by atoms with Gasteiger partial charge < -0.3 is 9.88 Å². The lowest BCUT2D eigenvalue weighted by atomic mass is 9.94. The monoisotopic (exact) mass is 281 g/mol. The molecule has 21 heavy (non-hydrogen) atoms. The van der Waals surface area contributed by atoms with Gasteiger partial charge in [0.2, 0.25) is 0 Å². The molecular weight excluding hydrogens is 265 g/mol. The molecule has 0 amide bonds. The van der Waals surface area contributed by atoms with Crippen molar-refractivity contribution in [1.29, 1.82) is 0 Å². The van der Waals surface area contributed by atoms with Gasteiger partial charge in [0.15, 0.2) is 5.82 Å². The lowest BCUT2D eigenvalue weighted by molar-refractivity contribution is 0.532. The molecule has 2 aromatic carbocycles. The Bertz CT molecular complexity index is 822. The molecule has 1 aromatic heterocycles. The van der Waals surface area contributed by atoms with E-state index in [4.69, 9.17) is 0 Å². The molecule has 4 rings (SSSR count). The zero-order chi connectivity index (χ0) is 14.4. The number of nitrogens with one attached hydrogen (secondary N) is 1. The number of imidazole rings is 1. The van der Waals surface area contributed by atoms with E-state index in [2.05, 4.69) is 28.5 Å². The van der Waals surface area contributed by atoms with Crippen molar-refractivity contribution in [1.82, 2.24) is 14.9 Å². The number of para-hydroxylation sites is 1. The number of aryl methyl sites for hydroxylation is 1. The summed E-state index contributed by atoms with van der Waals surface area (Å²) < 4.78 is 15.9. The van der Waals surface area contributed by atoms with Crippen LogP contribution in [0.3, 0.4) is 0 Å². The van der Waals surface area contributed by atoms with Crippen LogP contribution in [0.4, 0.5) is 4.39 Å². The highest BCUT2D eigenvalue weighted by Gasteiger charge is 2.25. The molecule has 0 radical (unpaired) electrons. The van der Waals surface area contributed by atoms with E-state index < -0.39 is 0 Å². The van der Waals surface area contributed by atoms with Crippen LogP contribution in [0, 0.1) is 5.82 Å². The maximum Gasteiger partial charge on any atom is 0.151 e. The zero-order valence-corrected chi connectivity index (χ0v) is 11.8. The smallest absolute Gasteiger partial charge is 0.151 e. The number of nitrogens with zero attached hydrogens (tertiary/aromatic N) is 2. The Balaban J connectivity index is 1.92. The highest BCUT2D eigenvalue weighted by molar-refractivity contribution is 5.76. The van der Waals surface area contributed by atoms with E-state index in [0.29, 0.717) is 5.52 Å². The van der Waals surface area contributed by atoms with Crippen LogP contribution in [-0.4, -0.2) is 16.1 Å². The Morgan fingerprint density at radius 1 is 1.19 bits per heavy atom. The molecule has 0 saturated heterocycles. The molecule has 1 N–H and O–H groups in total. The summed E-state index contributed by atoms with van der Waals surface area (Å²) in [5.41, 5.74) is 3.85. The van der Waals surface area contributed by atoms with E-state index >= 15 is 0 Å². The van der Waals surface area contributed by atoms with Gasteiger partial charge in [-0.25, -0.2) is 9.37 Å². The third-order valence-corrected chi connectivity index (χ3v) is 4.26. The molecule has 106 valence electrons. The third-order valence-electron chi connectivity index (χ3n) is 4.26. The van der Waals surface area contributed by atoms with Crippen molar-refractivity contribution in [2.75, 3.05) is 6.54 Å². The van der Waals surface area contributed by atoms with Crippen molar-refractivity contribution in [3.63, 3.8) is 0 Å². The van der Waals surface area contributed by atoms with Gasteiger partial charge in [0, 0.05) is 13.6 Å². The van der Waals surface area contributed by atoms with Gasteiger partial charge in [-0.3, -0.25) is 0 Å². The topological polar surface area (TPSA) is 29.9 Å². The molecule has 1 atom stereocenters. The van der Waals surface area contributed by atoms with E-state index in [1.807, 2.05) is 23.7 Å². The second-order valence-corrected chi connectivity index (χ2v) is 5.47. The molecule has 2 heterocycles. The van der Waals surface area contributed by atoms with Gasteiger partial charge >= 0.3 is 0 Å². The van der Waals surface area contributed by atoms with Crippen molar-refractivity contribution in [3.8, 4) is 0 Å². The Morgan fingerprint density at radius 2 is 2.05 bits per heavy atom. The van der Waals surface area contributed by atoms with E-state index in [1.54, 1.807) is 6.07 Å². The zero-order valence-electron chi connectivity index (χ0n) is 11.8. The summed E-state index contributed by atoms with van der Waals surface area (Å²) in [7, 11) is 1.95. The van der Waals surface area contributed by atoms with Gasteiger partial charge in [-0.1, -0.05) is 30.3 Å². The van der Waals surface area contributed by atoms with E-state index in [0.717, 1.165) is 24.3 Å². The van der Waals surface area contributed by atoms with Crippen LogP contribution in [0.15, 0.2) is 42.5 Å². The Hall–Kier alpha value is -2.20. The van der Waals surface area contributed by atoms with Crippen LogP contribution in [0.2, 0.25) is 0 Å². The predicted octanol–water partition coefficient (Wildman–Crippen LogP) is 2.95. The molecule has 3 nitrogen and oxygen atoms in total. The van der Waals surface area contributed by atoms with Crippen LogP contribution in [0.1, 0.15) is 23.0 Å². The molecule has 0 bridgehead atoms. The SMILES string of the molecule is Cn1c(C2NCCc3ccccc32)nc2c(F)cccc21. The summed E-state index contributed by atoms with van der Waals surface area (Å²) in [6.45, 7) is 0.910. The van der Waals surface area contributed by atoms with E-state index in [1.165, 1.54) is 17.2 Å². The average Bonchev–Trinajstić information content (AvgIpc) is 2.85. The first-order chi connectivity index (χ1) is 10.3. The number of aromatic nitrogens is 2. The minimum atomic E-state index is -0.265. The number of rotatable bonds is 1. The van der Waals surface area contributed by atoms with Crippen LogP contribution >= 0.6 is 0 Å². The summed E-state index contributed by atoms with van der Waals surface area (Å²) in [6.07, 6.45) is 1.02. The van der Waals surface area contributed by atoms with Gasteiger partial charge in [-0.15, -0.1) is 0 Å². The Kier molecular flexibility index (Phi) is 2.79. The predicted molar refractivity (Wildman–Crippen MR) is 80.7 cm³/mol. The summed E-state index contributed by atoms with van der Waals surface area (Å²) in [5, 5.41) is 3.51. The maximum absolute atomic E-state index is 13.9. The molecular formula is C17H16FN3. The fraction of sp³-hybridized carbons (Fsp3) is 0.235. The van der Waals surface area contributed by atoms with E-state index in [-0.39, 0.29) is 11.9 Å². The molecule has 0 fully saturated rings. The van der Waals surface area contributed by atoms with Crippen molar-refractivity contribution in [2.24, 2.45) is 7.05 Å². The Labute approximate surface area is 122 Å². The minimum Gasteiger partial charge on any atom is -0.329 e. The quantitative estimate of drug-likeness (QED) is 0.743. The van der Waals surface area contributed by atoms with Crippen molar-refractivity contribution in [2.45, 2.75) is 12.5 Å². The van der Waals surface area contributed by atoms with Gasteiger partial charge in [0.05, 0.1) is 11.6 Å². The third kappa shape index (κ3) is 1.87. The second kappa shape index (κ2) is 4.67. The average molecular weight is 281 g/mol. The lowest BCUT2D eigenvalue weighted by Gasteiger charge is -2.26. The standard InChI is InChI=1S/C17H16FN3/c1-21-14-8-4-7-13(18)16(14)20-17(21)15-12-6-3-2-5-11(12)9-10-19-15/h2-8,15,19H,9-10H2,1H3. The van der Waals surface area contributed by atoms with Gasteiger partial charge in [0.1, 0.15) is 11.3 Å². The highest BCUT2D eigenvalue weighted by atomic mass is 19.1. The number of fused-ring (bicyclic) bond motifs is 2. The molecule has 4 heteroatoms. The fourth-order valence-corrected chi connectivity index (χ4v) is 3.19. The largest absolute Gasteiger partial charge is 0.329 e. The number of halogens is 1. The maximum atomic E-state index is 13.9. The van der Waals surface area contributed by atoms with Crippen LogP contribution in [0.25, 0.3) is 11.0 Å². The summed E-state index contributed by atoms with van der Waals surface area (Å²) in [4.78, 5) is 4.56. The van der Waals surface area contributed by atoms with Crippen molar-refractivity contribution >= 4 is 11.0 Å². The number of hydrogen-bond donors (Lipinski definition) is 1. The van der Waals surface area contributed by atoms with Crippen LogP contribution in [-0.2, 0) is 13.5 Å². The first-order valence-corrected chi connectivity index (χ1v) is 7.18. The van der Waals surface area contributed by atoms with Crippen LogP contribution < -0.4 is 5.32 Å². The summed E-state index contributed by atoms with van der Waals surface area (Å²) in [6, 6.07) is 13.5. The van der Waals surface area contributed by atoms with Gasteiger partial charge in [-0.2, -0.15) is 0 Å². The minimum absolute atomic E-state index is 0.0201. The second-order valence-electron chi connectivity index (χ2n) is 5.47. The van der Waals surface area contributed by atoms with Gasteiger partial charge in [-0.05, 0) is 29.7 Å². The summed E-state index contributed by atoms with van der Waals surface area (Å²) >= 11 is 0. The first-order valence-electron chi connectivity index (χ1n) is 7.18.